The molecule has 10 nitrogen and oxygen atoms in total. The van der Waals surface area contributed by atoms with Crippen LogP contribution >= 0.6 is 0 Å². The van der Waals surface area contributed by atoms with Crippen LogP contribution in [0.5, 0.6) is 11.5 Å². The molecule has 1 atom stereocenters. The summed E-state index contributed by atoms with van der Waals surface area (Å²) in [5.74, 6) is -3.28. The van der Waals surface area contributed by atoms with Crippen molar-refractivity contribution in [2.75, 3.05) is 7.11 Å². The average Bonchev–Trinajstić information content (AvgIpc) is 3.45. The van der Waals surface area contributed by atoms with Gasteiger partial charge in [0.05, 0.1) is 13.5 Å². The lowest BCUT2D eigenvalue weighted by molar-refractivity contribution is -0.141. The monoisotopic (exact) mass is 632 g/mol. The van der Waals surface area contributed by atoms with Gasteiger partial charge in [-0.3, -0.25) is 4.79 Å². The van der Waals surface area contributed by atoms with E-state index in [0.29, 0.717) is 24.0 Å². The quantitative estimate of drug-likeness (QED) is 0.164. The fourth-order valence-electron chi connectivity index (χ4n) is 4.96. The Morgan fingerprint density at radius 2 is 1.67 bits per heavy atom. The average molecular weight is 633 g/mol. The Kier molecular flexibility index (Phi) is 8.39. The van der Waals surface area contributed by atoms with Crippen LogP contribution in [0.1, 0.15) is 58.8 Å². The summed E-state index contributed by atoms with van der Waals surface area (Å²) in [6.07, 6.45) is 0.492. The topological polar surface area (TPSA) is 139 Å². The summed E-state index contributed by atoms with van der Waals surface area (Å²) in [7, 11) is -9.69. The molecular formula is C27H27F3O10S2. The second-order valence-electron chi connectivity index (χ2n) is 10.0. The van der Waals surface area contributed by atoms with E-state index in [2.05, 4.69) is 4.18 Å². The van der Waals surface area contributed by atoms with Gasteiger partial charge in [0.1, 0.15) is 17.1 Å². The summed E-state index contributed by atoms with van der Waals surface area (Å²) in [5.41, 5.74) is -4.84. The molecule has 0 spiro atoms. The first-order valence-corrected chi connectivity index (χ1v) is 15.4. The number of hydrogen-bond donors (Lipinski definition) is 0. The number of carbonyl (C=O) groups is 2. The fraction of sp³-hybridized carbons (Fsp3) is 0.407. The summed E-state index contributed by atoms with van der Waals surface area (Å²) in [6.45, 7) is 4.17. The van der Waals surface area contributed by atoms with Crippen molar-refractivity contribution in [2.45, 2.75) is 63.5 Å². The molecular weight excluding hydrogens is 605 g/mol. The number of aryl methyl sites for hydroxylation is 1. The third-order valence-electron chi connectivity index (χ3n) is 7.40. The summed E-state index contributed by atoms with van der Waals surface area (Å²) in [6, 6.07) is 5.46. The maximum atomic E-state index is 13.4. The van der Waals surface area contributed by atoms with Crippen molar-refractivity contribution in [3.05, 3.63) is 63.2 Å². The van der Waals surface area contributed by atoms with E-state index in [1.54, 1.807) is 13.8 Å². The van der Waals surface area contributed by atoms with Gasteiger partial charge in [-0.15, -0.1) is 0 Å². The highest BCUT2D eigenvalue weighted by molar-refractivity contribution is 7.88. The van der Waals surface area contributed by atoms with Gasteiger partial charge in [0.15, 0.2) is 11.5 Å². The molecule has 1 aliphatic heterocycles. The molecule has 228 valence electrons. The molecule has 1 unspecified atom stereocenters. The fourth-order valence-corrected chi connectivity index (χ4v) is 6.47. The molecule has 1 aliphatic carbocycles. The molecule has 0 fully saturated rings. The number of fused-ring (bicyclic) bond motifs is 1. The molecule has 0 radical (unpaired) electrons. The minimum Gasteiger partial charge on any atom is -0.469 e. The molecule has 42 heavy (non-hydrogen) atoms. The Bertz CT molecular complexity index is 1690. The number of hydrogen-bond acceptors (Lipinski definition) is 10. The van der Waals surface area contributed by atoms with E-state index in [1.165, 1.54) is 38.3 Å². The van der Waals surface area contributed by atoms with Crippen LogP contribution in [0.3, 0.4) is 0 Å². The van der Waals surface area contributed by atoms with Crippen LogP contribution in [-0.4, -0.2) is 41.4 Å². The van der Waals surface area contributed by atoms with Crippen LogP contribution in [0.4, 0.5) is 13.2 Å². The molecule has 0 amide bonds. The van der Waals surface area contributed by atoms with Crippen LogP contribution < -0.4 is 8.37 Å². The van der Waals surface area contributed by atoms with E-state index in [4.69, 9.17) is 13.7 Å². The van der Waals surface area contributed by atoms with Gasteiger partial charge in [0.2, 0.25) is 0 Å². The highest BCUT2D eigenvalue weighted by Gasteiger charge is 2.50. The summed E-state index contributed by atoms with van der Waals surface area (Å²) < 4.78 is 111. The lowest BCUT2D eigenvalue weighted by Crippen LogP contribution is -2.29. The van der Waals surface area contributed by atoms with Crippen molar-refractivity contribution in [1.82, 2.24) is 0 Å². The van der Waals surface area contributed by atoms with Crippen LogP contribution in [-0.2, 0) is 47.5 Å². The molecule has 2 aromatic rings. The zero-order valence-corrected chi connectivity index (χ0v) is 24.6. The number of cyclic esters (lactones) is 1. The van der Waals surface area contributed by atoms with Gasteiger partial charge in [-0.2, -0.15) is 30.0 Å². The molecule has 2 aliphatic rings. The van der Waals surface area contributed by atoms with Gasteiger partial charge in [0.25, 0.3) is 0 Å². The van der Waals surface area contributed by atoms with E-state index in [9.17, 15) is 39.6 Å². The summed E-state index contributed by atoms with van der Waals surface area (Å²) in [5, 5.41) is 0. The molecule has 0 bridgehead atoms. The number of halogens is 3. The van der Waals surface area contributed by atoms with Crippen molar-refractivity contribution in [1.29, 1.82) is 0 Å². The van der Waals surface area contributed by atoms with E-state index < -0.39 is 61.4 Å². The van der Waals surface area contributed by atoms with Crippen molar-refractivity contribution in [2.24, 2.45) is 5.92 Å². The number of benzene rings is 2. The first-order valence-electron chi connectivity index (χ1n) is 12.6. The van der Waals surface area contributed by atoms with E-state index in [1.807, 2.05) is 0 Å². The highest BCUT2D eigenvalue weighted by atomic mass is 32.2. The summed E-state index contributed by atoms with van der Waals surface area (Å²) >= 11 is 0. The normalized spacial score (nSPS) is 17.2. The zero-order valence-electron chi connectivity index (χ0n) is 23.0. The maximum Gasteiger partial charge on any atom is 0.534 e. The Morgan fingerprint density at radius 3 is 2.26 bits per heavy atom. The van der Waals surface area contributed by atoms with Gasteiger partial charge in [-0.1, -0.05) is 28.8 Å². The Morgan fingerprint density at radius 1 is 1.02 bits per heavy atom. The van der Waals surface area contributed by atoms with E-state index in [-0.39, 0.29) is 40.3 Å². The number of alkyl halides is 3. The standard InChI is InChI=1S/C27H27F3O10S2/c1-14-5-9-19(10-6-14)41(33,34)39-25-20(11-17-7-8-18(15(17)2)12-22(31)37-4)24(40-42(35,36)27(28,29)30)16(3)21-13-38-26(32)23(21)25/h5-6,9-10,18H,7-8,11-13H2,1-4H3. The van der Waals surface area contributed by atoms with Crippen LogP contribution in [0, 0.1) is 19.8 Å². The highest BCUT2D eigenvalue weighted by Crippen LogP contribution is 2.47. The third-order valence-corrected chi connectivity index (χ3v) is 9.59. The first-order chi connectivity index (χ1) is 19.5. The third kappa shape index (κ3) is 5.98. The molecule has 0 aromatic heterocycles. The largest absolute Gasteiger partial charge is 0.534 e. The number of methoxy groups -OCH3 is 1. The molecule has 2 aromatic carbocycles. The second-order valence-corrected chi connectivity index (χ2v) is 13.1. The predicted octanol–water partition coefficient (Wildman–Crippen LogP) is 4.80. The molecule has 1 heterocycles. The van der Waals surface area contributed by atoms with Crippen LogP contribution in [0.2, 0.25) is 0 Å². The number of carbonyl (C=O) groups excluding carboxylic acids is 2. The number of allylic oxidation sites excluding steroid dienone is 2. The van der Waals surface area contributed by atoms with Crippen molar-refractivity contribution in [3.63, 3.8) is 0 Å². The Labute approximate surface area is 240 Å². The van der Waals surface area contributed by atoms with Crippen LogP contribution in [0.15, 0.2) is 40.3 Å². The Balaban J connectivity index is 1.96. The van der Waals surface area contributed by atoms with Gasteiger partial charge in [0, 0.05) is 23.1 Å². The SMILES string of the molecule is COC(=O)CC1CCC(Cc2c(OS(=O)(=O)C(F)(F)F)c(C)c3c(c2OS(=O)(=O)c2ccc(C)cc2)C(=O)OC3)=C1C. The Hall–Kier alpha value is -3.59. The molecule has 0 saturated heterocycles. The van der Waals surface area contributed by atoms with Gasteiger partial charge in [-0.25, -0.2) is 4.79 Å². The zero-order chi connectivity index (χ0) is 31.2. The van der Waals surface area contributed by atoms with Gasteiger partial charge >= 0.3 is 37.7 Å². The number of ether oxygens (including phenoxy) is 2. The van der Waals surface area contributed by atoms with Crippen molar-refractivity contribution in [3.8, 4) is 11.5 Å². The van der Waals surface area contributed by atoms with Crippen molar-refractivity contribution >= 4 is 32.2 Å². The minimum absolute atomic E-state index is 0.0261. The van der Waals surface area contributed by atoms with E-state index in [0.717, 1.165) is 5.56 Å². The number of rotatable bonds is 9. The number of esters is 2. The maximum absolute atomic E-state index is 13.4. The van der Waals surface area contributed by atoms with Crippen LogP contribution in [0.25, 0.3) is 0 Å². The molecule has 4 rings (SSSR count). The lowest BCUT2D eigenvalue weighted by Gasteiger charge is -2.21. The van der Waals surface area contributed by atoms with Crippen molar-refractivity contribution < 1.29 is 57.4 Å². The summed E-state index contributed by atoms with van der Waals surface area (Å²) in [4.78, 5) is 24.4. The minimum atomic E-state index is -6.23. The van der Waals surface area contributed by atoms with E-state index >= 15 is 0 Å². The smallest absolute Gasteiger partial charge is 0.469 e. The molecule has 0 N–H and O–H groups in total. The predicted molar refractivity (Wildman–Crippen MR) is 141 cm³/mol. The van der Waals surface area contributed by atoms with Gasteiger partial charge < -0.3 is 17.8 Å². The molecule has 15 heteroatoms. The second kappa shape index (κ2) is 11.2. The first kappa shape index (κ1) is 31.3. The molecule has 0 saturated carbocycles. The lowest BCUT2D eigenvalue weighted by atomic mass is 9.92. The van der Waals surface area contributed by atoms with Gasteiger partial charge in [-0.05, 0) is 51.7 Å².